The summed E-state index contributed by atoms with van der Waals surface area (Å²) in [6.45, 7) is 0.552. The third kappa shape index (κ3) is 3.98. The molecule has 1 aromatic heterocycles. The molecule has 1 aromatic carbocycles. The molecule has 1 N–H and O–H groups in total. The molecular formula is C14H13ClN2OS. The van der Waals surface area contributed by atoms with Crippen molar-refractivity contribution < 1.29 is 4.79 Å². The Balaban J connectivity index is 1.93. The van der Waals surface area contributed by atoms with E-state index in [1.54, 1.807) is 30.6 Å². The summed E-state index contributed by atoms with van der Waals surface area (Å²) in [4.78, 5) is 16.6. The van der Waals surface area contributed by atoms with Crippen molar-refractivity contribution in [3.8, 4) is 0 Å². The Morgan fingerprint density at radius 3 is 2.74 bits per heavy atom. The molecule has 0 aliphatic carbocycles. The summed E-state index contributed by atoms with van der Waals surface area (Å²) in [7, 11) is 0. The van der Waals surface area contributed by atoms with E-state index in [1.165, 1.54) is 0 Å². The average molecular weight is 293 g/mol. The first-order valence-electron chi connectivity index (χ1n) is 5.82. The molecule has 98 valence electrons. The van der Waals surface area contributed by atoms with Crippen LogP contribution in [-0.2, 0) is 6.42 Å². The van der Waals surface area contributed by atoms with Crippen molar-refractivity contribution in [2.75, 3.05) is 6.54 Å². The number of hydrogen-bond donors (Lipinski definition) is 2. The number of carbonyl (C=O) groups excluding carboxylic acids is 1. The molecule has 0 atom stereocenters. The Morgan fingerprint density at radius 2 is 2.00 bits per heavy atom. The fourth-order valence-corrected chi connectivity index (χ4v) is 2.06. The van der Waals surface area contributed by atoms with E-state index in [9.17, 15) is 4.79 Å². The van der Waals surface area contributed by atoms with Gasteiger partial charge in [0.1, 0.15) is 0 Å². The minimum absolute atomic E-state index is 0.185. The summed E-state index contributed by atoms with van der Waals surface area (Å²) in [5.41, 5.74) is 1.58. The Labute approximate surface area is 122 Å². The second kappa shape index (κ2) is 6.59. The molecule has 0 saturated heterocycles. The van der Waals surface area contributed by atoms with Crippen LogP contribution in [0.1, 0.15) is 15.9 Å². The molecule has 0 spiro atoms. The van der Waals surface area contributed by atoms with Crippen molar-refractivity contribution in [3.05, 3.63) is 58.9 Å². The van der Waals surface area contributed by atoms with E-state index in [4.69, 9.17) is 11.6 Å². The Kier molecular flexibility index (Phi) is 4.82. The third-order valence-electron chi connectivity index (χ3n) is 2.64. The van der Waals surface area contributed by atoms with Gasteiger partial charge in [-0.2, -0.15) is 0 Å². The molecule has 0 fully saturated rings. The average Bonchev–Trinajstić information content (AvgIpc) is 2.42. The number of pyridine rings is 1. The normalized spacial score (nSPS) is 10.2. The van der Waals surface area contributed by atoms with Gasteiger partial charge < -0.3 is 5.32 Å². The number of nitrogens with zero attached hydrogens (tertiary/aromatic N) is 1. The minimum atomic E-state index is -0.185. The van der Waals surface area contributed by atoms with Crippen LogP contribution in [0.25, 0.3) is 0 Å². The van der Waals surface area contributed by atoms with Crippen molar-refractivity contribution in [2.24, 2.45) is 0 Å². The maximum atomic E-state index is 12.0. The SMILES string of the molecule is O=C(NCCc1ccncc1)c1cc(S)ccc1Cl. The molecule has 1 heterocycles. The molecule has 0 aliphatic heterocycles. The fourth-order valence-electron chi connectivity index (χ4n) is 1.65. The predicted octanol–water partition coefficient (Wildman–Crippen LogP) is 3.00. The minimum Gasteiger partial charge on any atom is -0.352 e. The molecule has 0 aliphatic rings. The fraction of sp³-hybridized carbons (Fsp3) is 0.143. The first-order valence-corrected chi connectivity index (χ1v) is 6.65. The first-order chi connectivity index (χ1) is 9.16. The highest BCUT2D eigenvalue weighted by molar-refractivity contribution is 7.80. The van der Waals surface area contributed by atoms with E-state index in [0.29, 0.717) is 22.0 Å². The van der Waals surface area contributed by atoms with Crippen molar-refractivity contribution in [1.82, 2.24) is 10.3 Å². The molecule has 3 nitrogen and oxygen atoms in total. The van der Waals surface area contributed by atoms with Crippen LogP contribution in [0.2, 0.25) is 5.02 Å². The summed E-state index contributed by atoms with van der Waals surface area (Å²) in [6.07, 6.45) is 4.23. The topological polar surface area (TPSA) is 42.0 Å². The number of carbonyl (C=O) groups is 1. The highest BCUT2D eigenvalue weighted by Crippen LogP contribution is 2.19. The maximum absolute atomic E-state index is 12.0. The third-order valence-corrected chi connectivity index (χ3v) is 3.25. The lowest BCUT2D eigenvalue weighted by Gasteiger charge is -2.07. The van der Waals surface area contributed by atoms with Gasteiger partial charge in [0.05, 0.1) is 10.6 Å². The van der Waals surface area contributed by atoms with Crippen LogP contribution in [0.3, 0.4) is 0 Å². The molecule has 1 amide bonds. The van der Waals surface area contributed by atoms with Crippen LogP contribution in [0.4, 0.5) is 0 Å². The largest absolute Gasteiger partial charge is 0.352 e. The van der Waals surface area contributed by atoms with Crippen LogP contribution in [-0.4, -0.2) is 17.4 Å². The number of thiol groups is 1. The van der Waals surface area contributed by atoms with Gasteiger partial charge in [-0.05, 0) is 42.3 Å². The summed E-state index contributed by atoms with van der Waals surface area (Å²) in [5.74, 6) is -0.185. The van der Waals surface area contributed by atoms with Crippen LogP contribution in [0.5, 0.6) is 0 Å². The van der Waals surface area contributed by atoms with E-state index < -0.39 is 0 Å². The Morgan fingerprint density at radius 1 is 1.26 bits per heavy atom. The smallest absolute Gasteiger partial charge is 0.252 e. The molecule has 2 aromatic rings. The lowest BCUT2D eigenvalue weighted by Crippen LogP contribution is -2.26. The number of rotatable bonds is 4. The van der Waals surface area contributed by atoms with Crippen LogP contribution in [0.15, 0.2) is 47.6 Å². The Bertz CT molecular complexity index is 575. The van der Waals surface area contributed by atoms with Gasteiger partial charge in [-0.3, -0.25) is 9.78 Å². The number of halogens is 1. The van der Waals surface area contributed by atoms with Gasteiger partial charge in [-0.15, -0.1) is 12.6 Å². The van der Waals surface area contributed by atoms with Crippen molar-refractivity contribution in [2.45, 2.75) is 11.3 Å². The number of benzene rings is 1. The number of hydrogen-bond acceptors (Lipinski definition) is 3. The van der Waals surface area contributed by atoms with E-state index >= 15 is 0 Å². The first kappa shape index (κ1) is 13.9. The van der Waals surface area contributed by atoms with Gasteiger partial charge >= 0.3 is 0 Å². The molecule has 5 heteroatoms. The highest BCUT2D eigenvalue weighted by Gasteiger charge is 2.09. The zero-order chi connectivity index (χ0) is 13.7. The van der Waals surface area contributed by atoms with Crippen molar-refractivity contribution in [3.63, 3.8) is 0 Å². The zero-order valence-corrected chi connectivity index (χ0v) is 11.8. The zero-order valence-electron chi connectivity index (χ0n) is 10.1. The molecule has 2 rings (SSSR count). The van der Waals surface area contributed by atoms with E-state index in [0.717, 1.165) is 12.0 Å². The van der Waals surface area contributed by atoms with Gasteiger partial charge in [0.15, 0.2) is 0 Å². The van der Waals surface area contributed by atoms with E-state index in [2.05, 4.69) is 22.9 Å². The molecular weight excluding hydrogens is 280 g/mol. The van der Waals surface area contributed by atoms with Gasteiger partial charge in [0, 0.05) is 23.8 Å². The standard InChI is InChI=1S/C14H13ClN2OS/c15-13-2-1-11(19)9-12(13)14(18)17-8-5-10-3-6-16-7-4-10/h1-4,6-7,9,19H,5,8H2,(H,17,18). The summed E-state index contributed by atoms with van der Waals surface area (Å²) < 4.78 is 0. The van der Waals surface area contributed by atoms with E-state index in [1.807, 2.05) is 12.1 Å². The van der Waals surface area contributed by atoms with Crippen LogP contribution < -0.4 is 5.32 Å². The highest BCUT2D eigenvalue weighted by atomic mass is 35.5. The van der Waals surface area contributed by atoms with Crippen molar-refractivity contribution >= 4 is 30.1 Å². The molecule has 0 bridgehead atoms. The summed E-state index contributed by atoms with van der Waals surface area (Å²) in [6, 6.07) is 8.93. The van der Waals surface area contributed by atoms with Gasteiger partial charge in [-0.1, -0.05) is 11.6 Å². The maximum Gasteiger partial charge on any atom is 0.252 e. The molecule has 19 heavy (non-hydrogen) atoms. The monoisotopic (exact) mass is 292 g/mol. The number of aromatic nitrogens is 1. The lowest BCUT2D eigenvalue weighted by molar-refractivity contribution is 0.0954. The van der Waals surface area contributed by atoms with E-state index in [-0.39, 0.29) is 5.91 Å². The van der Waals surface area contributed by atoms with Gasteiger partial charge in [0.25, 0.3) is 5.91 Å². The van der Waals surface area contributed by atoms with Crippen molar-refractivity contribution in [1.29, 1.82) is 0 Å². The Hall–Kier alpha value is -1.52. The van der Waals surface area contributed by atoms with Crippen LogP contribution in [0, 0.1) is 0 Å². The lowest BCUT2D eigenvalue weighted by atomic mass is 10.2. The molecule has 0 unspecified atom stereocenters. The predicted molar refractivity (Wildman–Crippen MR) is 79.0 cm³/mol. The second-order valence-corrected chi connectivity index (χ2v) is 4.95. The van der Waals surface area contributed by atoms with Crippen LogP contribution >= 0.6 is 24.2 Å². The second-order valence-electron chi connectivity index (χ2n) is 4.03. The molecule has 0 saturated carbocycles. The van der Waals surface area contributed by atoms with Gasteiger partial charge in [-0.25, -0.2) is 0 Å². The summed E-state index contributed by atoms with van der Waals surface area (Å²) in [5, 5.41) is 3.27. The molecule has 0 radical (unpaired) electrons. The number of nitrogens with one attached hydrogen (secondary N) is 1. The summed E-state index contributed by atoms with van der Waals surface area (Å²) >= 11 is 10.2. The van der Waals surface area contributed by atoms with Gasteiger partial charge in [0.2, 0.25) is 0 Å². The quantitative estimate of drug-likeness (QED) is 0.851. The number of amides is 1.